The number of methoxy groups -OCH3 is 1. The Morgan fingerprint density at radius 1 is 1.24 bits per heavy atom. The van der Waals surface area contributed by atoms with Crippen molar-refractivity contribution in [1.82, 2.24) is 15.2 Å². The Balaban J connectivity index is 0.00000113. The predicted molar refractivity (Wildman–Crippen MR) is 108 cm³/mol. The second kappa shape index (κ2) is 8.69. The molecule has 2 aliphatic rings. The molecule has 2 fully saturated rings. The van der Waals surface area contributed by atoms with E-state index >= 15 is 0 Å². The standard InChI is InChI=1S/C18H23N3OS.2ClH/c1-22-16-4-2-14(3-5-16)17-20-15(11-23-17)10-21-9-7-18(13-21)6-8-19-12-18;;/h2-5,11,19H,6-10,12-13H2,1H3;2*1H. The molecule has 4 rings (SSSR count). The van der Waals surface area contributed by atoms with E-state index in [1.807, 2.05) is 12.1 Å². The highest BCUT2D eigenvalue weighted by Crippen LogP contribution is 2.36. The molecule has 138 valence electrons. The maximum absolute atomic E-state index is 5.22. The molecule has 1 atom stereocenters. The minimum Gasteiger partial charge on any atom is -0.497 e. The Hall–Kier alpha value is -0.850. The van der Waals surface area contributed by atoms with Crippen LogP contribution < -0.4 is 10.1 Å². The molecule has 3 heterocycles. The van der Waals surface area contributed by atoms with E-state index in [1.165, 1.54) is 50.3 Å². The molecule has 1 aromatic carbocycles. The van der Waals surface area contributed by atoms with Crippen LogP contribution in [0.3, 0.4) is 0 Å². The van der Waals surface area contributed by atoms with Crippen LogP contribution in [0.2, 0.25) is 0 Å². The molecule has 4 nitrogen and oxygen atoms in total. The zero-order valence-electron chi connectivity index (χ0n) is 14.4. The quantitative estimate of drug-likeness (QED) is 0.843. The summed E-state index contributed by atoms with van der Waals surface area (Å²) >= 11 is 1.73. The molecule has 2 aromatic rings. The largest absolute Gasteiger partial charge is 0.497 e. The van der Waals surface area contributed by atoms with Crippen LogP contribution in [-0.2, 0) is 6.54 Å². The molecule has 0 saturated carbocycles. The van der Waals surface area contributed by atoms with Crippen LogP contribution in [-0.4, -0.2) is 43.2 Å². The zero-order chi connectivity index (χ0) is 15.7. The summed E-state index contributed by atoms with van der Waals surface area (Å²) in [5.74, 6) is 0.887. The first-order chi connectivity index (χ1) is 11.3. The number of hydrogen-bond acceptors (Lipinski definition) is 5. The number of nitrogens with one attached hydrogen (secondary N) is 1. The van der Waals surface area contributed by atoms with Crippen LogP contribution in [0.1, 0.15) is 18.5 Å². The van der Waals surface area contributed by atoms with Gasteiger partial charge in [-0.15, -0.1) is 36.2 Å². The summed E-state index contributed by atoms with van der Waals surface area (Å²) in [6, 6.07) is 8.15. The van der Waals surface area contributed by atoms with Crippen LogP contribution >= 0.6 is 36.2 Å². The molecule has 0 amide bonds. The number of aromatic nitrogens is 1. The summed E-state index contributed by atoms with van der Waals surface area (Å²) in [6.07, 6.45) is 2.66. The van der Waals surface area contributed by atoms with E-state index in [2.05, 4.69) is 27.7 Å². The predicted octanol–water partition coefficient (Wildman–Crippen LogP) is 3.85. The first-order valence-electron chi connectivity index (χ1n) is 8.28. The Morgan fingerprint density at radius 2 is 2.04 bits per heavy atom. The summed E-state index contributed by atoms with van der Waals surface area (Å²) in [4.78, 5) is 7.40. The lowest BCUT2D eigenvalue weighted by molar-refractivity contribution is 0.267. The topological polar surface area (TPSA) is 37.4 Å². The molecule has 25 heavy (non-hydrogen) atoms. The van der Waals surface area contributed by atoms with Crippen LogP contribution in [0.4, 0.5) is 0 Å². The number of rotatable bonds is 4. The van der Waals surface area contributed by atoms with E-state index in [9.17, 15) is 0 Å². The molecule has 1 unspecified atom stereocenters. The number of hydrogen-bond donors (Lipinski definition) is 1. The molecule has 2 aliphatic heterocycles. The van der Waals surface area contributed by atoms with Crippen molar-refractivity contribution in [3.63, 3.8) is 0 Å². The average molecular weight is 402 g/mol. The minimum atomic E-state index is 0. The average Bonchev–Trinajstić information content (AvgIpc) is 3.31. The van der Waals surface area contributed by atoms with Gasteiger partial charge in [0.25, 0.3) is 0 Å². The van der Waals surface area contributed by atoms with Crippen molar-refractivity contribution >= 4 is 36.2 Å². The van der Waals surface area contributed by atoms with Gasteiger partial charge >= 0.3 is 0 Å². The second-order valence-electron chi connectivity index (χ2n) is 6.76. The van der Waals surface area contributed by atoms with E-state index in [1.54, 1.807) is 18.4 Å². The zero-order valence-corrected chi connectivity index (χ0v) is 16.8. The van der Waals surface area contributed by atoms with Crippen LogP contribution in [0, 0.1) is 5.41 Å². The van der Waals surface area contributed by atoms with Gasteiger partial charge in [0.15, 0.2) is 0 Å². The molecule has 7 heteroatoms. The summed E-state index contributed by atoms with van der Waals surface area (Å²) in [7, 11) is 1.69. The molecule has 2 saturated heterocycles. The third-order valence-electron chi connectivity index (χ3n) is 5.12. The summed E-state index contributed by atoms with van der Waals surface area (Å²) < 4.78 is 5.22. The van der Waals surface area contributed by atoms with Gasteiger partial charge in [0.05, 0.1) is 12.8 Å². The molecule has 1 aromatic heterocycles. The lowest BCUT2D eigenvalue weighted by Gasteiger charge is -2.22. The van der Waals surface area contributed by atoms with E-state index in [0.717, 1.165) is 17.3 Å². The highest BCUT2D eigenvalue weighted by atomic mass is 35.5. The molecule has 0 radical (unpaired) electrons. The van der Waals surface area contributed by atoms with Crippen molar-refractivity contribution < 1.29 is 4.74 Å². The number of nitrogens with zero attached hydrogens (tertiary/aromatic N) is 2. The van der Waals surface area contributed by atoms with Crippen LogP contribution in [0.15, 0.2) is 29.6 Å². The summed E-state index contributed by atoms with van der Waals surface area (Å²) in [5, 5.41) is 6.83. The number of benzene rings is 1. The number of likely N-dealkylation sites (tertiary alicyclic amines) is 1. The molecular weight excluding hydrogens is 377 g/mol. The fourth-order valence-electron chi connectivity index (χ4n) is 3.78. The van der Waals surface area contributed by atoms with Gasteiger partial charge in [0, 0.05) is 30.6 Å². The molecule has 0 aliphatic carbocycles. The van der Waals surface area contributed by atoms with Gasteiger partial charge in [0.1, 0.15) is 10.8 Å². The van der Waals surface area contributed by atoms with Crippen molar-refractivity contribution in [2.24, 2.45) is 5.41 Å². The van der Waals surface area contributed by atoms with Crippen molar-refractivity contribution in [3.8, 4) is 16.3 Å². The van der Waals surface area contributed by atoms with Gasteiger partial charge in [-0.1, -0.05) is 0 Å². The normalized spacial score (nSPS) is 22.6. The van der Waals surface area contributed by atoms with Crippen molar-refractivity contribution in [3.05, 3.63) is 35.3 Å². The third-order valence-corrected chi connectivity index (χ3v) is 6.06. The summed E-state index contributed by atoms with van der Waals surface area (Å²) in [5.41, 5.74) is 2.90. The second-order valence-corrected chi connectivity index (χ2v) is 7.62. The fourth-order valence-corrected chi connectivity index (χ4v) is 4.60. The number of ether oxygens (including phenoxy) is 1. The summed E-state index contributed by atoms with van der Waals surface area (Å²) in [6.45, 7) is 5.78. The maximum Gasteiger partial charge on any atom is 0.123 e. The van der Waals surface area contributed by atoms with Crippen LogP contribution in [0.5, 0.6) is 5.75 Å². The monoisotopic (exact) mass is 401 g/mol. The smallest absolute Gasteiger partial charge is 0.123 e. The van der Waals surface area contributed by atoms with E-state index in [4.69, 9.17) is 9.72 Å². The van der Waals surface area contributed by atoms with Gasteiger partial charge < -0.3 is 10.1 Å². The van der Waals surface area contributed by atoms with Gasteiger partial charge in [-0.05, 0) is 55.6 Å². The van der Waals surface area contributed by atoms with Gasteiger partial charge in [-0.25, -0.2) is 4.98 Å². The Bertz CT molecular complexity index is 671. The first kappa shape index (κ1) is 20.5. The first-order valence-corrected chi connectivity index (χ1v) is 9.16. The third kappa shape index (κ3) is 4.47. The minimum absolute atomic E-state index is 0. The van der Waals surface area contributed by atoms with Gasteiger partial charge in [-0.2, -0.15) is 0 Å². The van der Waals surface area contributed by atoms with Gasteiger partial charge in [-0.3, -0.25) is 4.90 Å². The Labute approximate surface area is 165 Å². The van der Waals surface area contributed by atoms with Gasteiger partial charge in [0.2, 0.25) is 0 Å². The maximum atomic E-state index is 5.22. The molecular formula is C18H25Cl2N3OS. The highest BCUT2D eigenvalue weighted by Gasteiger charge is 2.40. The fraction of sp³-hybridized carbons (Fsp3) is 0.500. The lowest BCUT2D eigenvalue weighted by atomic mass is 9.87. The van der Waals surface area contributed by atoms with E-state index < -0.39 is 0 Å². The lowest BCUT2D eigenvalue weighted by Crippen LogP contribution is -2.29. The molecule has 0 bridgehead atoms. The SMILES string of the molecule is COc1ccc(-c2nc(CN3CCC4(CCNC4)C3)cs2)cc1.Cl.Cl. The van der Waals surface area contributed by atoms with E-state index in [0.29, 0.717) is 5.41 Å². The Kier molecular flexibility index (Phi) is 7.11. The van der Waals surface area contributed by atoms with E-state index in [-0.39, 0.29) is 24.8 Å². The Morgan fingerprint density at radius 3 is 2.72 bits per heavy atom. The van der Waals surface area contributed by atoms with Crippen molar-refractivity contribution in [2.75, 3.05) is 33.3 Å². The molecule has 1 spiro atoms. The van der Waals surface area contributed by atoms with Crippen molar-refractivity contribution in [1.29, 1.82) is 0 Å². The number of halogens is 2. The number of thiazole rings is 1. The molecule has 1 N–H and O–H groups in total. The van der Waals surface area contributed by atoms with Crippen LogP contribution in [0.25, 0.3) is 10.6 Å². The van der Waals surface area contributed by atoms with Crippen molar-refractivity contribution in [2.45, 2.75) is 19.4 Å². The highest BCUT2D eigenvalue weighted by molar-refractivity contribution is 7.13.